The monoisotopic (exact) mass is 312 g/mol. The van der Waals surface area contributed by atoms with E-state index in [4.69, 9.17) is 4.42 Å². The van der Waals surface area contributed by atoms with E-state index in [-0.39, 0.29) is 5.09 Å². The van der Waals surface area contributed by atoms with Crippen molar-refractivity contribution in [2.24, 2.45) is 5.92 Å². The van der Waals surface area contributed by atoms with E-state index in [0.29, 0.717) is 25.7 Å². The molecule has 0 unspecified atom stereocenters. The van der Waals surface area contributed by atoms with Gasteiger partial charge in [0.1, 0.15) is 5.76 Å². The SMILES string of the molecule is C[C@H](C1CC1)N(C)Cc1ccc(S(=O)(=O)N2CCCC2)o1. The second-order valence-corrected chi connectivity index (χ2v) is 8.19. The molecule has 0 radical (unpaired) electrons. The topological polar surface area (TPSA) is 53.8 Å². The van der Waals surface area contributed by atoms with Crippen molar-refractivity contribution in [3.8, 4) is 0 Å². The molecule has 1 aliphatic heterocycles. The van der Waals surface area contributed by atoms with Crippen molar-refractivity contribution in [2.45, 2.75) is 50.3 Å². The Labute approximate surface area is 127 Å². The molecule has 6 heteroatoms. The Morgan fingerprint density at radius 1 is 1.33 bits per heavy atom. The van der Waals surface area contributed by atoms with Crippen molar-refractivity contribution in [2.75, 3.05) is 20.1 Å². The first-order chi connectivity index (χ1) is 9.98. The third kappa shape index (κ3) is 3.17. The Morgan fingerprint density at radius 2 is 2.00 bits per heavy atom. The molecule has 0 bridgehead atoms. The maximum absolute atomic E-state index is 12.4. The number of hydrogen-bond acceptors (Lipinski definition) is 4. The van der Waals surface area contributed by atoms with Crippen molar-refractivity contribution in [3.05, 3.63) is 17.9 Å². The van der Waals surface area contributed by atoms with E-state index >= 15 is 0 Å². The second kappa shape index (κ2) is 5.74. The van der Waals surface area contributed by atoms with Crippen LogP contribution in [0, 0.1) is 5.92 Å². The smallest absolute Gasteiger partial charge is 0.276 e. The van der Waals surface area contributed by atoms with Gasteiger partial charge in [-0.05, 0) is 57.7 Å². The number of sulfonamides is 1. The van der Waals surface area contributed by atoms with Crippen LogP contribution < -0.4 is 0 Å². The molecule has 2 fully saturated rings. The molecule has 5 nitrogen and oxygen atoms in total. The molecular formula is C15H24N2O3S. The van der Waals surface area contributed by atoms with Gasteiger partial charge in [0.2, 0.25) is 5.09 Å². The highest BCUT2D eigenvalue weighted by Crippen LogP contribution is 2.35. The average molecular weight is 312 g/mol. The second-order valence-electron chi connectivity index (χ2n) is 6.33. The van der Waals surface area contributed by atoms with Gasteiger partial charge in [0, 0.05) is 19.1 Å². The van der Waals surface area contributed by atoms with Crippen molar-refractivity contribution < 1.29 is 12.8 Å². The highest BCUT2D eigenvalue weighted by molar-refractivity contribution is 7.89. The lowest BCUT2D eigenvalue weighted by Crippen LogP contribution is -2.30. The Balaban J connectivity index is 1.68. The normalized spacial score (nSPS) is 22.0. The molecular weight excluding hydrogens is 288 g/mol. The Hall–Kier alpha value is -0.850. The standard InChI is InChI=1S/C15H24N2O3S/c1-12(13-5-6-13)16(2)11-14-7-8-15(20-14)21(18,19)17-9-3-4-10-17/h7-8,12-13H,3-6,9-11H2,1-2H3/t12-/m1/s1. The number of hydrogen-bond donors (Lipinski definition) is 0. The van der Waals surface area contributed by atoms with Crippen molar-refractivity contribution in [1.29, 1.82) is 0 Å². The number of nitrogens with zero attached hydrogens (tertiary/aromatic N) is 2. The van der Waals surface area contributed by atoms with Crippen LogP contribution in [-0.4, -0.2) is 43.8 Å². The fraction of sp³-hybridized carbons (Fsp3) is 0.733. The van der Waals surface area contributed by atoms with Crippen LogP contribution >= 0.6 is 0 Å². The molecule has 2 aliphatic rings. The van der Waals surface area contributed by atoms with Crippen LogP contribution in [0.15, 0.2) is 21.6 Å². The zero-order chi connectivity index (χ0) is 15.0. The maximum atomic E-state index is 12.4. The third-order valence-corrected chi connectivity index (χ3v) is 6.47. The van der Waals surface area contributed by atoms with Gasteiger partial charge in [-0.3, -0.25) is 4.90 Å². The van der Waals surface area contributed by atoms with Crippen molar-refractivity contribution in [3.63, 3.8) is 0 Å². The van der Waals surface area contributed by atoms with E-state index in [0.717, 1.165) is 24.5 Å². The highest BCUT2D eigenvalue weighted by Gasteiger charge is 2.32. The summed E-state index contributed by atoms with van der Waals surface area (Å²) in [4.78, 5) is 2.24. The molecule has 3 rings (SSSR count). The van der Waals surface area contributed by atoms with E-state index in [1.54, 1.807) is 12.1 Å². The molecule has 2 heterocycles. The molecule has 1 saturated carbocycles. The molecule has 1 aliphatic carbocycles. The molecule has 0 amide bonds. The van der Waals surface area contributed by atoms with Gasteiger partial charge in [0.05, 0.1) is 6.54 Å². The van der Waals surface area contributed by atoms with Crippen LogP contribution in [0.4, 0.5) is 0 Å². The summed E-state index contributed by atoms with van der Waals surface area (Å²) >= 11 is 0. The molecule has 1 aromatic rings. The first-order valence-corrected chi connectivity index (χ1v) is 9.21. The molecule has 1 saturated heterocycles. The van der Waals surface area contributed by atoms with Crippen LogP contribution in [0.3, 0.4) is 0 Å². The minimum Gasteiger partial charge on any atom is -0.447 e. The van der Waals surface area contributed by atoms with Crippen LogP contribution in [0.2, 0.25) is 0 Å². The molecule has 1 atom stereocenters. The summed E-state index contributed by atoms with van der Waals surface area (Å²) in [6, 6.07) is 3.91. The van der Waals surface area contributed by atoms with E-state index in [2.05, 4.69) is 18.9 Å². The lowest BCUT2D eigenvalue weighted by atomic mass is 10.2. The van der Waals surface area contributed by atoms with Gasteiger partial charge < -0.3 is 4.42 Å². The number of furan rings is 1. The lowest BCUT2D eigenvalue weighted by molar-refractivity contribution is 0.204. The summed E-state index contributed by atoms with van der Waals surface area (Å²) in [5, 5.41) is 0.0897. The van der Waals surface area contributed by atoms with Crippen LogP contribution in [0.25, 0.3) is 0 Å². The molecule has 1 aromatic heterocycles. The maximum Gasteiger partial charge on any atom is 0.276 e. The molecule has 21 heavy (non-hydrogen) atoms. The zero-order valence-electron chi connectivity index (χ0n) is 12.8. The molecule has 118 valence electrons. The van der Waals surface area contributed by atoms with Gasteiger partial charge in [-0.15, -0.1) is 0 Å². The van der Waals surface area contributed by atoms with E-state index < -0.39 is 10.0 Å². The summed E-state index contributed by atoms with van der Waals surface area (Å²) in [5.74, 6) is 1.51. The summed E-state index contributed by atoms with van der Waals surface area (Å²) in [7, 11) is -1.36. The van der Waals surface area contributed by atoms with Gasteiger partial charge in [0.15, 0.2) is 0 Å². The van der Waals surface area contributed by atoms with E-state index in [1.807, 2.05) is 0 Å². The van der Waals surface area contributed by atoms with Gasteiger partial charge in [-0.2, -0.15) is 4.31 Å². The predicted molar refractivity (Wildman–Crippen MR) is 80.4 cm³/mol. The van der Waals surface area contributed by atoms with E-state index in [9.17, 15) is 8.42 Å². The lowest BCUT2D eigenvalue weighted by Gasteiger charge is -2.23. The minimum atomic E-state index is -3.43. The Kier molecular flexibility index (Phi) is 4.12. The highest BCUT2D eigenvalue weighted by atomic mass is 32.2. The number of rotatable bonds is 6. The van der Waals surface area contributed by atoms with Crippen molar-refractivity contribution >= 4 is 10.0 Å². The van der Waals surface area contributed by atoms with Crippen LogP contribution in [0.5, 0.6) is 0 Å². The quantitative estimate of drug-likeness (QED) is 0.809. The van der Waals surface area contributed by atoms with Gasteiger partial charge in [0.25, 0.3) is 10.0 Å². The van der Waals surface area contributed by atoms with Crippen LogP contribution in [0.1, 0.15) is 38.4 Å². The van der Waals surface area contributed by atoms with Gasteiger partial charge in [-0.1, -0.05) is 0 Å². The summed E-state index contributed by atoms with van der Waals surface area (Å²) in [6.07, 6.45) is 4.49. The summed E-state index contributed by atoms with van der Waals surface area (Å²) in [5.41, 5.74) is 0. The summed E-state index contributed by atoms with van der Waals surface area (Å²) in [6.45, 7) is 4.10. The fourth-order valence-electron chi connectivity index (χ4n) is 2.97. The van der Waals surface area contributed by atoms with Gasteiger partial charge >= 0.3 is 0 Å². The minimum absolute atomic E-state index is 0.0897. The van der Waals surface area contributed by atoms with Gasteiger partial charge in [-0.25, -0.2) is 8.42 Å². The van der Waals surface area contributed by atoms with Crippen molar-refractivity contribution in [1.82, 2.24) is 9.21 Å². The Bertz CT molecular complexity index is 586. The third-order valence-electron chi connectivity index (χ3n) is 4.70. The average Bonchev–Trinajstić information content (AvgIpc) is 2.94. The molecule has 0 spiro atoms. The molecule has 0 aromatic carbocycles. The largest absolute Gasteiger partial charge is 0.447 e. The first-order valence-electron chi connectivity index (χ1n) is 7.77. The fourth-order valence-corrected chi connectivity index (χ4v) is 4.41. The molecule has 0 N–H and O–H groups in total. The van der Waals surface area contributed by atoms with Crippen LogP contribution in [-0.2, 0) is 16.6 Å². The zero-order valence-corrected chi connectivity index (χ0v) is 13.6. The Morgan fingerprint density at radius 3 is 2.62 bits per heavy atom. The first kappa shape index (κ1) is 15.1. The summed E-state index contributed by atoms with van der Waals surface area (Å²) < 4.78 is 31.9. The predicted octanol–water partition coefficient (Wildman–Crippen LogP) is 2.29. The van der Waals surface area contributed by atoms with E-state index in [1.165, 1.54) is 17.1 Å².